The maximum atomic E-state index is 12.9. The Hall–Kier alpha value is -3.66. The van der Waals surface area contributed by atoms with Crippen LogP contribution in [0.2, 0.25) is 0 Å². The molecule has 1 aromatic heterocycles. The molecule has 0 spiro atoms. The van der Waals surface area contributed by atoms with Crippen molar-refractivity contribution in [1.82, 2.24) is 4.98 Å². The van der Waals surface area contributed by atoms with Crippen LogP contribution in [0.3, 0.4) is 0 Å². The molecule has 0 fully saturated rings. The number of nitrogens with one attached hydrogen (secondary N) is 1. The Kier molecular flexibility index (Phi) is 3.06. The van der Waals surface area contributed by atoms with Gasteiger partial charge in [-0.3, -0.25) is 9.59 Å². The normalized spacial score (nSPS) is 13.5. The summed E-state index contributed by atoms with van der Waals surface area (Å²) in [5.41, 5.74) is 4.19. The molecule has 1 N–H and O–H groups in total. The van der Waals surface area contributed by atoms with E-state index in [0.29, 0.717) is 16.8 Å². The van der Waals surface area contributed by atoms with Crippen molar-refractivity contribution in [1.29, 1.82) is 0 Å². The fourth-order valence-corrected chi connectivity index (χ4v) is 3.52. The average molecular weight is 340 g/mol. The molecule has 1 aliphatic rings. The molecule has 5 rings (SSSR count). The lowest BCUT2D eigenvalue weighted by atomic mass is 10.1. The quantitative estimate of drug-likeness (QED) is 0.529. The Morgan fingerprint density at radius 3 is 1.96 bits per heavy atom. The van der Waals surface area contributed by atoms with E-state index in [2.05, 4.69) is 4.98 Å². The van der Waals surface area contributed by atoms with E-state index in [0.717, 1.165) is 22.2 Å². The molecule has 2 amide bonds. The molecule has 126 valence electrons. The first-order valence-corrected chi connectivity index (χ1v) is 8.39. The van der Waals surface area contributed by atoms with Crippen LogP contribution in [0.1, 0.15) is 22.1 Å². The highest BCUT2D eigenvalue weighted by atomic mass is 16.2. The number of carbonyl (C=O) groups excluding carboxylic acids is 2. The van der Waals surface area contributed by atoms with Crippen LogP contribution < -0.4 is 4.90 Å². The molecule has 0 saturated carbocycles. The van der Waals surface area contributed by atoms with E-state index in [1.807, 2.05) is 54.6 Å². The lowest BCUT2D eigenvalue weighted by Crippen LogP contribution is -2.29. The van der Waals surface area contributed by atoms with E-state index < -0.39 is 0 Å². The van der Waals surface area contributed by atoms with Crippen molar-refractivity contribution >= 4 is 28.4 Å². The predicted octanol–water partition coefficient (Wildman–Crippen LogP) is 4.88. The number of amides is 2. The summed E-state index contributed by atoms with van der Waals surface area (Å²) < 4.78 is 0. The number of anilines is 1. The summed E-state index contributed by atoms with van der Waals surface area (Å²) in [4.78, 5) is 30.4. The van der Waals surface area contributed by atoms with E-state index in [-0.39, 0.29) is 13.2 Å². The second-order valence-corrected chi connectivity index (χ2v) is 6.28. The van der Waals surface area contributed by atoms with Gasteiger partial charge in [-0.1, -0.05) is 48.5 Å². The van der Waals surface area contributed by atoms with Gasteiger partial charge in [-0.05, 0) is 30.3 Å². The van der Waals surface area contributed by atoms with Crippen LogP contribution in [0.15, 0.2) is 78.9 Å². The van der Waals surface area contributed by atoms with Gasteiger partial charge in [-0.25, -0.2) is 4.90 Å². The van der Waals surface area contributed by atoms with Crippen LogP contribution in [0.25, 0.3) is 22.2 Å². The van der Waals surface area contributed by atoms with Crippen molar-refractivity contribution in [3.05, 3.63) is 90.0 Å². The number of carbonyl (C=O) groups is 2. The number of nitrogens with zero attached hydrogens (tertiary/aromatic N) is 1. The first kappa shape index (κ1) is 14.7. The molecule has 0 unspecified atom stereocenters. The molecular formula is C22H16N2O2. The summed E-state index contributed by atoms with van der Waals surface area (Å²) in [5.74, 6) is -0.566. The molecule has 4 nitrogen and oxygen atoms in total. The largest absolute Gasteiger partial charge is 0.354 e. The van der Waals surface area contributed by atoms with E-state index in [4.69, 9.17) is 0 Å². The Labute approximate surface area is 151 Å². The van der Waals surface area contributed by atoms with Crippen LogP contribution in [0.5, 0.6) is 0 Å². The Morgan fingerprint density at radius 1 is 0.692 bits per heavy atom. The van der Waals surface area contributed by atoms with E-state index in [1.165, 1.54) is 4.90 Å². The van der Waals surface area contributed by atoms with Crippen LogP contribution in [-0.4, -0.2) is 16.8 Å². The number of hydrogen-bond donors (Lipinski definition) is 1. The van der Waals surface area contributed by atoms with Gasteiger partial charge in [0.25, 0.3) is 11.8 Å². The molecule has 4 heteroatoms. The minimum Gasteiger partial charge on any atom is -0.354 e. The molecule has 0 radical (unpaired) electrons. The van der Waals surface area contributed by atoms with Gasteiger partial charge in [-0.15, -0.1) is 0 Å². The molecule has 26 heavy (non-hydrogen) atoms. The SMILES string of the molecule is O=C1c2ccccc2C(=O)N1c1ccccc1-c1cc2ccccc2[nH]1.[HH]. The molecule has 1 aliphatic heterocycles. The van der Waals surface area contributed by atoms with Gasteiger partial charge in [0.05, 0.1) is 16.8 Å². The van der Waals surface area contributed by atoms with Crippen molar-refractivity contribution in [2.75, 3.05) is 4.90 Å². The Morgan fingerprint density at radius 2 is 1.27 bits per heavy atom. The second-order valence-electron chi connectivity index (χ2n) is 6.28. The average Bonchev–Trinajstić information content (AvgIpc) is 3.22. The molecule has 0 bridgehead atoms. The number of fused-ring (bicyclic) bond motifs is 2. The summed E-state index contributed by atoms with van der Waals surface area (Å²) in [5, 5.41) is 1.08. The van der Waals surface area contributed by atoms with Crippen molar-refractivity contribution < 1.29 is 11.0 Å². The highest BCUT2D eigenvalue weighted by Crippen LogP contribution is 2.36. The van der Waals surface area contributed by atoms with E-state index in [9.17, 15) is 9.59 Å². The Balaban J connectivity index is 0.00000180. The summed E-state index contributed by atoms with van der Waals surface area (Å²) in [6, 6.07) is 24.4. The fraction of sp³-hybridized carbons (Fsp3) is 0. The molecule has 0 atom stereocenters. The third-order valence-electron chi connectivity index (χ3n) is 4.76. The summed E-state index contributed by atoms with van der Waals surface area (Å²) >= 11 is 0. The summed E-state index contributed by atoms with van der Waals surface area (Å²) in [6.45, 7) is 0. The fourth-order valence-electron chi connectivity index (χ4n) is 3.52. The maximum absolute atomic E-state index is 12.9. The minimum atomic E-state index is -0.283. The van der Waals surface area contributed by atoms with Crippen molar-refractivity contribution in [3.63, 3.8) is 0 Å². The van der Waals surface area contributed by atoms with Crippen LogP contribution in [-0.2, 0) is 0 Å². The lowest BCUT2D eigenvalue weighted by Gasteiger charge is -2.17. The number of imide groups is 1. The molecule has 0 saturated heterocycles. The minimum absolute atomic E-state index is 0. The zero-order chi connectivity index (χ0) is 17.7. The number of benzene rings is 3. The topological polar surface area (TPSA) is 53.2 Å². The van der Waals surface area contributed by atoms with Gasteiger partial charge in [0.15, 0.2) is 0 Å². The highest BCUT2D eigenvalue weighted by Gasteiger charge is 2.37. The lowest BCUT2D eigenvalue weighted by molar-refractivity contribution is 0.0926. The predicted molar refractivity (Wildman–Crippen MR) is 103 cm³/mol. The van der Waals surface area contributed by atoms with Crippen molar-refractivity contribution in [2.45, 2.75) is 0 Å². The first-order chi connectivity index (χ1) is 12.7. The molecule has 4 aromatic rings. The smallest absolute Gasteiger partial charge is 0.266 e. The van der Waals surface area contributed by atoms with Gasteiger partial charge < -0.3 is 4.98 Å². The number of para-hydroxylation sites is 2. The number of rotatable bonds is 2. The number of H-pyrrole nitrogens is 1. The molecular weight excluding hydrogens is 324 g/mol. The molecule has 2 heterocycles. The Bertz CT molecular complexity index is 1130. The van der Waals surface area contributed by atoms with E-state index in [1.54, 1.807) is 24.3 Å². The van der Waals surface area contributed by atoms with Gasteiger partial charge in [-0.2, -0.15) is 0 Å². The summed E-state index contributed by atoms with van der Waals surface area (Å²) in [7, 11) is 0. The maximum Gasteiger partial charge on any atom is 0.266 e. The van der Waals surface area contributed by atoms with Crippen LogP contribution in [0.4, 0.5) is 5.69 Å². The standard InChI is InChI=1S/C22H14N2O2.H2/c25-21-15-8-2-3-9-16(15)22(26)24(21)20-12-6-4-10-17(20)19-13-14-7-1-5-11-18(14)23-19;/h1-13,23H;1H. The van der Waals surface area contributed by atoms with Gasteiger partial charge in [0.2, 0.25) is 0 Å². The second kappa shape index (κ2) is 5.43. The zero-order valence-corrected chi connectivity index (χ0v) is 13.8. The number of aromatic amines is 1. The highest BCUT2D eigenvalue weighted by molar-refractivity contribution is 6.35. The first-order valence-electron chi connectivity index (χ1n) is 8.39. The van der Waals surface area contributed by atoms with Crippen LogP contribution in [0, 0.1) is 0 Å². The van der Waals surface area contributed by atoms with E-state index >= 15 is 0 Å². The van der Waals surface area contributed by atoms with Gasteiger partial charge in [0.1, 0.15) is 0 Å². The number of aromatic nitrogens is 1. The van der Waals surface area contributed by atoms with Gasteiger partial charge in [0, 0.05) is 23.6 Å². The van der Waals surface area contributed by atoms with Crippen LogP contribution >= 0.6 is 0 Å². The third kappa shape index (κ3) is 2.02. The zero-order valence-electron chi connectivity index (χ0n) is 13.8. The van der Waals surface area contributed by atoms with Gasteiger partial charge >= 0.3 is 0 Å². The molecule has 0 aliphatic carbocycles. The monoisotopic (exact) mass is 340 g/mol. The van der Waals surface area contributed by atoms with Crippen molar-refractivity contribution in [2.24, 2.45) is 0 Å². The van der Waals surface area contributed by atoms with Crippen molar-refractivity contribution in [3.8, 4) is 11.3 Å². The molecule has 3 aromatic carbocycles. The summed E-state index contributed by atoms with van der Waals surface area (Å²) in [6.07, 6.45) is 0. The third-order valence-corrected chi connectivity index (χ3v) is 4.76. The number of hydrogen-bond acceptors (Lipinski definition) is 2.